The topological polar surface area (TPSA) is 61.4 Å². The Morgan fingerprint density at radius 1 is 1.08 bits per heavy atom. The molecule has 0 saturated heterocycles. The second-order valence-electron chi connectivity index (χ2n) is 5.01. The quantitative estimate of drug-likeness (QED) is 0.883. The number of anilines is 2. The van der Waals surface area contributed by atoms with Crippen LogP contribution in [0.1, 0.15) is 6.92 Å². The van der Waals surface area contributed by atoms with Gasteiger partial charge in [0.25, 0.3) is 0 Å². The summed E-state index contributed by atoms with van der Waals surface area (Å²) in [5, 5.41) is 5.20. The van der Waals surface area contributed by atoms with Crippen LogP contribution < -0.4 is 15.5 Å². The molecule has 0 aliphatic carbocycles. The zero-order valence-electron chi connectivity index (χ0n) is 13.1. The Morgan fingerprint density at radius 2 is 1.79 bits per heavy atom. The minimum absolute atomic E-state index is 0.0332. The van der Waals surface area contributed by atoms with E-state index in [-0.39, 0.29) is 18.8 Å². The molecule has 5 nitrogen and oxygen atoms in total. The number of carbonyl (C=O) groups excluding carboxylic acids is 2. The second kappa shape index (κ2) is 8.05. The molecule has 0 radical (unpaired) electrons. The summed E-state index contributed by atoms with van der Waals surface area (Å²) in [6.45, 7) is 1.43. The molecule has 0 heterocycles. The molecule has 2 N–H and O–H groups in total. The third kappa shape index (κ3) is 4.77. The average molecular weight is 333 g/mol. The highest BCUT2D eigenvalue weighted by atomic mass is 19.1. The highest BCUT2D eigenvalue weighted by molar-refractivity contribution is 5.92. The molecule has 0 aliphatic heterocycles. The van der Waals surface area contributed by atoms with Gasteiger partial charge in [0.2, 0.25) is 5.91 Å². The largest absolute Gasteiger partial charge is 0.336 e. The predicted octanol–water partition coefficient (Wildman–Crippen LogP) is 3.14. The van der Waals surface area contributed by atoms with Crippen molar-refractivity contribution in [3.05, 3.63) is 60.2 Å². The molecule has 24 heavy (non-hydrogen) atoms. The lowest BCUT2D eigenvalue weighted by atomic mass is 10.2. The number of nitrogens with zero attached hydrogens (tertiary/aromatic N) is 1. The Morgan fingerprint density at radius 3 is 2.42 bits per heavy atom. The van der Waals surface area contributed by atoms with Gasteiger partial charge in [0.1, 0.15) is 11.6 Å². The summed E-state index contributed by atoms with van der Waals surface area (Å²) in [6, 6.07) is 11.4. The first kappa shape index (κ1) is 17.4. The number of hydrogen-bond donors (Lipinski definition) is 2. The van der Waals surface area contributed by atoms with Gasteiger partial charge in [-0.05, 0) is 24.3 Å². The Hall–Kier alpha value is -2.96. The fourth-order valence-electron chi connectivity index (χ4n) is 2.13. The van der Waals surface area contributed by atoms with Crippen LogP contribution >= 0.6 is 0 Å². The first-order valence-corrected chi connectivity index (χ1v) is 7.30. The maximum absolute atomic E-state index is 13.8. The van der Waals surface area contributed by atoms with Crippen LogP contribution in [0.5, 0.6) is 0 Å². The van der Waals surface area contributed by atoms with Crippen LogP contribution in [0, 0.1) is 11.6 Å². The highest BCUT2D eigenvalue weighted by Gasteiger charge is 2.16. The SMILES string of the molecule is CC(=O)N(CCNC(=O)Nc1ccccc1)c1ccc(F)cc1F. The fourth-order valence-corrected chi connectivity index (χ4v) is 2.13. The van der Waals surface area contributed by atoms with Crippen molar-refractivity contribution in [2.45, 2.75) is 6.92 Å². The highest BCUT2D eigenvalue weighted by Crippen LogP contribution is 2.20. The van der Waals surface area contributed by atoms with Gasteiger partial charge in [0.15, 0.2) is 0 Å². The summed E-state index contributed by atoms with van der Waals surface area (Å²) in [6.07, 6.45) is 0. The molecule has 0 bridgehead atoms. The van der Waals surface area contributed by atoms with Crippen LogP contribution in [-0.4, -0.2) is 25.0 Å². The summed E-state index contributed by atoms with van der Waals surface area (Å²) >= 11 is 0. The zero-order valence-corrected chi connectivity index (χ0v) is 13.1. The van der Waals surface area contributed by atoms with Crippen LogP contribution in [0.15, 0.2) is 48.5 Å². The van der Waals surface area contributed by atoms with E-state index in [2.05, 4.69) is 10.6 Å². The van der Waals surface area contributed by atoms with Crippen LogP contribution in [0.4, 0.5) is 25.0 Å². The fraction of sp³-hybridized carbons (Fsp3) is 0.176. The van der Waals surface area contributed by atoms with E-state index in [0.29, 0.717) is 11.8 Å². The lowest BCUT2D eigenvalue weighted by Gasteiger charge is -2.22. The molecular formula is C17H17F2N3O2. The summed E-state index contributed by atoms with van der Waals surface area (Å²) in [5.74, 6) is -1.97. The molecule has 0 aromatic heterocycles. The van der Waals surface area contributed by atoms with Crippen molar-refractivity contribution < 1.29 is 18.4 Å². The van der Waals surface area contributed by atoms with Gasteiger partial charge in [-0.25, -0.2) is 13.6 Å². The molecule has 7 heteroatoms. The van der Waals surface area contributed by atoms with Gasteiger partial charge in [-0.2, -0.15) is 0 Å². The summed E-state index contributed by atoms with van der Waals surface area (Å²) in [5.41, 5.74) is 0.595. The van der Waals surface area contributed by atoms with Crippen LogP contribution in [-0.2, 0) is 4.79 Å². The van der Waals surface area contributed by atoms with Gasteiger partial charge in [0, 0.05) is 31.8 Å². The summed E-state index contributed by atoms with van der Waals surface area (Å²) in [4.78, 5) is 24.6. The van der Waals surface area contributed by atoms with Crippen molar-refractivity contribution in [2.75, 3.05) is 23.3 Å². The molecule has 0 fully saturated rings. The lowest BCUT2D eigenvalue weighted by Crippen LogP contribution is -2.39. The maximum atomic E-state index is 13.8. The molecule has 2 aromatic rings. The molecule has 3 amide bonds. The number of urea groups is 1. The summed E-state index contributed by atoms with van der Waals surface area (Å²) < 4.78 is 26.8. The van der Waals surface area contributed by atoms with Crippen molar-refractivity contribution in [1.29, 1.82) is 0 Å². The van der Waals surface area contributed by atoms with E-state index in [1.54, 1.807) is 24.3 Å². The van der Waals surface area contributed by atoms with E-state index in [9.17, 15) is 18.4 Å². The van der Waals surface area contributed by atoms with Crippen molar-refractivity contribution in [3.63, 3.8) is 0 Å². The van der Waals surface area contributed by atoms with Crippen molar-refractivity contribution in [3.8, 4) is 0 Å². The van der Waals surface area contributed by atoms with Crippen LogP contribution in [0.25, 0.3) is 0 Å². The number of rotatable bonds is 5. The summed E-state index contributed by atoms with van der Waals surface area (Å²) in [7, 11) is 0. The third-order valence-corrected chi connectivity index (χ3v) is 3.23. The van der Waals surface area contributed by atoms with E-state index in [1.807, 2.05) is 6.07 Å². The predicted molar refractivity (Wildman–Crippen MR) is 87.8 cm³/mol. The van der Waals surface area contributed by atoms with Gasteiger partial charge in [0.05, 0.1) is 5.69 Å². The molecule has 0 unspecified atom stereocenters. The van der Waals surface area contributed by atoms with Crippen molar-refractivity contribution in [1.82, 2.24) is 5.32 Å². The van der Waals surface area contributed by atoms with Gasteiger partial charge in [-0.1, -0.05) is 18.2 Å². The van der Waals surface area contributed by atoms with Gasteiger partial charge in [-0.15, -0.1) is 0 Å². The number of carbonyl (C=O) groups is 2. The average Bonchev–Trinajstić information content (AvgIpc) is 2.53. The van der Waals surface area contributed by atoms with Crippen molar-refractivity contribution >= 4 is 23.3 Å². The number of nitrogens with one attached hydrogen (secondary N) is 2. The van der Waals surface area contributed by atoms with Gasteiger partial charge >= 0.3 is 6.03 Å². The minimum atomic E-state index is -0.834. The molecule has 0 atom stereocenters. The van der Waals surface area contributed by atoms with E-state index in [1.165, 1.54) is 13.0 Å². The lowest BCUT2D eigenvalue weighted by molar-refractivity contribution is -0.116. The van der Waals surface area contributed by atoms with E-state index in [0.717, 1.165) is 11.0 Å². The Bertz CT molecular complexity index is 723. The monoisotopic (exact) mass is 333 g/mol. The van der Waals surface area contributed by atoms with E-state index < -0.39 is 23.6 Å². The third-order valence-electron chi connectivity index (χ3n) is 3.23. The van der Waals surface area contributed by atoms with Gasteiger partial charge < -0.3 is 15.5 Å². The minimum Gasteiger partial charge on any atom is -0.336 e. The molecule has 0 aliphatic rings. The Kier molecular flexibility index (Phi) is 5.83. The Labute approximate surface area is 138 Å². The Balaban J connectivity index is 1.92. The van der Waals surface area contributed by atoms with Crippen LogP contribution in [0.2, 0.25) is 0 Å². The van der Waals surface area contributed by atoms with Gasteiger partial charge in [-0.3, -0.25) is 4.79 Å². The number of amides is 3. The first-order chi connectivity index (χ1) is 11.5. The van der Waals surface area contributed by atoms with Crippen LogP contribution in [0.3, 0.4) is 0 Å². The second-order valence-corrected chi connectivity index (χ2v) is 5.01. The molecule has 126 valence electrons. The number of para-hydroxylation sites is 1. The number of benzene rings is 2. The normalized spacial score (nSPS) is 10.1. The smallest absolute Gasteiger partial charge is 0.319 e. The molecule has 2 aromatic carbocycles. The molecular weight excluding hydrogens is 316 g/mol. The molecule has 0 saturated carbocycles. The van der Waals surface area contributed by atoms with E-state index in [4.69, 9.17) is 0 Å². The molecule has 2 rings (SSSR count). The zero-order chi connectivity index (χ0) is 17.5. The maximum Gasteiger partial charge on any atom is 0.319 e. The number of halogens is 2. The standard InChI is InChI=1S/C17H17F2N3O2/c1-12(23)22(16-8-7-13(18)11-15(16)19)10-9-20-17(24)21-14-5-3-2-4-6-14/h2-8,11H,9-10H2,1H3,(H2,20,21,24). The van der Waals surface area contributed by atoms with Crippen molar-refractivity contribution in [2.24, 2.45) is 0 Å². The first-order valence-electron chi connectivity index (χ1n) is 7.30. The molecule has 0 spiro atoms. The number of hydrogen-bond acceptors (Lipinski definition) is 2. The van der Waals surface area contributed by atoms with E-state index >= 15 is 0 Å².